The van der Waals surface area contributed by atoms with Crippen LogP contribution in [0.25, 0.3) is 11.2 Å². The molecular formula is C22H24F3N7O3. The van der Waals surface area contributed by atoms with E-state index < -0.39 is 35.3 Å². The summed E-state index contributed by atoms with van der Waals surface area (Å²) in [7, 11) is 0. The summed E-state index contributed by atoms with van der Waals surface area (Å²) in [6.45, 7) is 0.485. The van der Waals surface area contributed by atoms with Crippen molar-refractivity contribution in [2.75, 3.05) is 23.8 Å². The Kier molecular flexibility index (Phi) is 6.19. The molecule has 0 bridgehead atoms. The number of anilines is 3. The predicted octanol–water partition coefficient (Wildman–Crippen LogP) is 2.38. The number of primary amides is 1. The van der Waals surface area contributed by atoms with Gasteiger partial charge in [0.1, 0.15) is 17.0 Å². The number of amides is 1. The van der Waals surface area contributed by atoms with Crippen LogP contribution in [0.5, 0.6) is 0 Å². The minimum Gasteiger partial charge on any atom is -0.388 e. The Morgan fingerprint density at radius 3 is 2.46 bits per heavy atom. The van der Waals surface area contributed by atoms with Crippen LogP contribution in [0.1, 0.15) is 31.7 Å². The summed E-state index contributed by atoms with van der Waals surface area (Å²) in [5.41, 5.74) is 5.67. The zero-order valence-corrected chi connectivity index (χ0v) is 18.5. The zero-order chi connectivity index (χ0) is 24.7. The second-order valence-corrected chi connectivity index (χ2v) is 8.84. The molecule has 1 saturated carbocycles. The van der Waals surface area contributed by atoms with Crippen LogP contribution in [0, 0.1) is 23.4 Å². The normalized spacial score (nSPS) is 24.6. The number of imidazole rings is 1. The van der Waals surface area contributed by atoms with Crippen molar-refractivity contribution in [2.24, 2.45) is 11.7 Å². The van der Waals surface area contributed by atoms with Gasteiger partial charge in [-0.1, -0.05) is 0 Å². The molecule has 1 aliphatic carbocycles. The van der Waals surface area contributed by atoms with E-state index in [-0.39, 0.29) is 43.0 Å². The van der Waals surface area contributed by atoms with Crippen molar-refractivity contribution in [3.63, 3.8) is 0 Å². The fourth-order valence-corrected chi connectivity index (χ4v) is 4.63. The third kappa shape index (κ3) is 4.60. The van der Waals surface area contributed by atoms with Crippen LogP contribution in [0.15, 0.2) is 18.3 Å². The topological polar surface area (TPSA) is 140 Å². The number of hydrogen-bond acceptors (Lipinski definition) is 8. The van der Waals surface area contributed by atoms with E-state index in [9.17, 15) is 23.1 Å². The molecule has 2 atom stereocenters. The van der Waals surface area contributed by atoms with E-state index in [1.807, 2.05) is 0 Å². The molecule has 2 fully saturated rings. The fourth-order valence-electron chi connectivity index (χ4n) is 4.63. The molecule has 3 heterocycles. The SMILES string of the molecule is NC(=O)[C@H]1CC[C@@H](n2c(Nc3c(F)cc(F)cc3F)nc3cnc(NC4COCC4O)nc32)CC1. The maximum atomic E-state index is 14.4. The molecule has 1 aromatic carbocycles. The molecule has 2 aromatic heterocycles. The van der Waals surface area contributed by atoms with Crippen molar-refractivity contribution >= 4 is 34.7 Å². The average Bonchev–Trinajstić information content (AvgIpc) is 3.38. The van der Waals surface area contributed by atoms with Gasteiger partial charge in [0.05, 0.1) is 31.6 Å². The molecule has 0 spiro atoms. The van der Waals surface area contributed by atoms with Crippen LogP contribution < -0.4 is 16.4 Å². The van der Waals surface area contributed by atoms with Gasteiger partial charge in [-0.2, -0.15) is 4.98 Å². The number of nitrogens with zero attached hydrogens (tertiary/aromatic N) is 4. The van der Waals surface area contributed by atoms with E-state index in [0.29, 0.717) is 49.0 Å². The van der Waals surface area contributed by atoms with Crippen molar-refractivity contribution in [3.8, 4) is 0 Å². The van der Waals surface area contributed by atoms with Crippen molar-refractivity contribution in [1.82, 2.24) is 19.5 Å². The number of aliphatic hydroxyl groups excluding tert-OH is 1. The number of carbonyl (C=O) groups is 1. The monoisotopic (exact) mass is 491 g/mol. The van der Waals surface area contributed by atoms with Gasteiger partial charge in [-0.3, -0.25) is 9.36 Å². The minimum atomic E-state index is -1.11. The summed E-state index contributed by atoms with van der Waals surface area (Å²) in [6, 6.07) is 0.559. The Balaban J connectivity index is 1.54. The standard InChI is InChI=1S/C22H24F3N7O3/c23-11-5-13(24)18(14(25)6-11)30-22-29-15-7-27-21(28-16-8-35-9-17(16)33)31-20(15)32(22)12-3-1-10(2-4-12)19(26)34/h5-7,10,12,16-17,33H,1-4,8-9H2,(H2,26,34)(H,29,30)(H,27,28,31)/t10-,12+,16?,17?. The van der Waals surface area contributed by atoms with Gasteiger partial charge in [-0.05, 0) is 25.7 Å². The maximum Gasteiger partial charge on any atom is 0.225 e. The van der Waals surface area contributed by atoms with Gasteiger partial charge in [-0.25, -0.2) is 23.1 Å². The first kappa shape index (κ1) is 23.3. The number of aliphatic hydroxyl groups is 1. The molecule has 3 aromatic rings. The number of benzene rings is 1. The molecule has 35 heavy (non-hydrogen) atoms. The van der Waals surface area contributed by atoms with Gasteiger partial charge in [-0.15, -0.1) is 0 Å². The van der Waals surface area contributed by atoms with Gasteiger partial charge in [0.2, 0.25) is 17.8 Å². The Labute approximate surface area is 197 Å². The maximum absolute atomic E-state index is 14.4. The molecule has 2 unspecified atom stereocenters. The second kappa shape index (κ2) is 9.30. The van der Waals surface area contributed by atoms with Crippen LogP contribution in [-0.2, 0) is 9.53 Å². The predicted molar refractivity (Wildman–Crippen MR) is 119 cm³/mol. The smallest absolute Gasteiger partial charge is 0.225 e. The molecule has 10 nitrogen and oxygen atoms in total. The summed E-state index contributed by atoms with van der Waals surface area (Å²) in [6.07, 6.45) is 2.94. The van der Waals surface area contributed by atoms with Crippen LogP contribution >= 0.6 is 0 Å². The molecular weight excluding hydrogens is 467 g/mol. The Morgan fingerprint density at radius 1 is 1.11 bits per heavy atom. The number of nitrogens with two attached hydrogens (primary N) is 1. The number of ether oxygens (including phenoxy) is 1. The molecule has 2 aliphatic rings. The Morgan fingerprint density at radius 2 is 1.83 bits per heavy atom. The van der Waals surface area contributed by atoms with Gasteiger partial charge < -0.3 is 26.2 Å². The van der Waals surface area contributed by atoms with Gasteiger partial charge in [0.15, 0.2) is 17.3 Å². The molecule has 5 rings (SSSR count). The number of nitrogens with one attached hydrogen (secondary N) is 2. The lowest BCUT2D eigenvalue weighted by molar-refractivity contribution is -0.122. The number of hydrogen-bond donors (Lipinski definition) is 4. The molecule has 0 radical (unpaired) electrons. The largest absolute Gasteiger partial charge is 0.388 e. The lowest BCUT2D eigenvalue weighted by Gasteiger charge is -2.29. The molecule has 1 saturated heterocycles. The fraction of sp³-hybridized carbons (Fsp3) is 0.455. The quantitative estimate of drug-likeness (QED) is 0.412. The van der Waals surface area contributed by atoms with Gasteiger partial charge >= 0.3 is 0 Å². The molecule has 1 amide bonds. The minimum absolute atomic E-state index is 0.0996. The van der Waals surface area contributed by atoms with Gasteiger partial charge in [0.25, 0.3) is 0 Å². The van der Waals surface area contributed by atoms with Crippen molar-refractivity contribution < 1.29 is 27.8 Å². The van der Waals surface area contributed by atoms with Crippen LogP contribution in [0.3, 0.4) is 0 Å². The number of fused-ring (bicyclic) bond motifs is 1. The lowest BCUT2D eigenvalue weighted by Crippen LogP contribution is -2.32. The van der Waals surface area contributed by atoms with Crippen LogP contribution in [0.2, 0.25) is 0 Å². The van der Waals surface area contributed by atoms with E-state index in [4.69, 9.17) is 10.5 Å². The highest BCUT2D eigenvalue weighted by Gasteiger charge is 2.31. The highest BCUT2D eigenvalue weighted by Crippen LogP contribution is 2.37. The Hall–Kier alpha value is -3.45. The molecule has 5 N–H and O–H groups in total. The summed E-state index contributed by atoms with van der Waals surface area (Å²) >= 11 is 0. The summed E-state index contributed by atoms with van der Waals surface area (Å²) < 4.78 is 49.1. The summed E-state index contributed by atoms with van der Waals surface area (Å²) in [4.78, 5) is 24.9. The molecule has 13 heteroatoms. The first-order valence-electron chi connectivity index (χ1n) is 11.3. The van der Waals surface area contributed by atoms with Gasteiger partial charge in [0, 0.05) is 24.1 Å². The number of halogens is 3. The first-order chi connectivity index (χ1) is 16.8. The average molecular weight is 491 g/mol. The number of aromatic nitrogens is 4. The highest BCUT2D eigenvalue weighted by atomic mass is 19.1. The van der Waals surface area contributed by atoms with E-state index in [0.717, 1.165) is 0 Å². The first-order valence-corrected chi connectivity index (χ1v) is 11.3. The van der Waals surface area contributed by atoms with Crippen molar-refractivity contribution in [1.29, 1.82) is 0 Å². The van der Waals surface area contributed by atoms with E-state index in [2.05, 4.69) is 25.6 Å². The number of rotatable bonds is 6. The van der Waals surface area contributed by atoms with E-state index in [1.54, 1.807) is 4.57 Å². The second-order valence-electron chi connectivity index (χ2n) is 8.84. The van der Waals surface area contributed by atoms with Crippen molar-refractivity contribution in [2.45, 2.75) is 43.9 Å². The lowest BCUT2D eigenvalue weighted by atomic mass is 9.85. The summed E-state index contributed by atoms with van der Waals surface area (Å²) in [5, 5.41) is 15.7. The highest BCUT2D eigenvalue weighted by molar-refractivity contribution is 5.78. The zero-order valence-electron chi connectivity index (χ0n) is 18.5. The summed E-state index contributed by atoms with van der Waals surface area (Å²) in [5.74, 6) is -3.54. The van der Waals surface area contributed by atoms with E-state index >= 15 is 0 Å². The third-order valence-corrected chi connectivity index (χ3v) is 6.51. The van der Waals surface area contributed by atoms with Crippen LogP contribution in [0.4, 0.5) is 30.8 Å². The number of carbonyl (C=O) groups excluding carboxylic acids is 1. The third-order valence-electron chi connectivity index (χ3n) is 6.51. The molecule has 186 valence electrons. The van der Waals surface area contributed by atoms with Crippen molar-refractivity contribution in [3.05, 3.63) is 35.8 Å². The molecule has 1 aliphatic heterocycles. The van der Waals surface area contributed by atoms with E-state index in [1.165, 1.54) is 6.20 Å². The Bertz CT molecular complexity index is 1240. The van der Waals surface area contributed by atoms with Crippen LogP contribution in [-0.4, -0.2) is 55.9 Å².